The molecule has 7 nitrogen and oxygen atoms in total. The number of rotatable bonds is 8. The first-order valence-corrected chi connectivity index (χ1v) is 9.99. The summed E-state index contributed by atoms with van der Waals surface area (Å²) in [5.41, 5.74) is 2.58. The highest BCUT2D eigenvalue weighted by atomic mass is 16.5. The third-order valence-corrected chi connectivity index (χ3v) is 4.57. The Morgan fingerprint density at radius 3 is 1.81 bits per heavy atom. The van der Waals surface area contributed by atoms with Gasteiger partial charge in [-0.2, -0.15) is 0 Å². The smallest absolute Gasteiger partial charge is 0.338 e. The van der Waals surface area contributed by atoms with Gasteiger partial charge in [-0.05, 0) is 73.2 Å². The molecule has 0 saturated heterocycles. The molecule has 3 aromatic rings. The van der Waals surface area contributed by atoms with Crippen LogP contribution in [0.4, 0.5) is 5.69 Å². The van der Waals surface area contributed by atoms with Crippen LogP contribution in [-0.2, 0) is 16.1 Å². The summed E-state index contributed by atoms with van der Waals surface area (Å²) in [5.74, 6) is -0.490. The van der Waals surface area contributed by atoms with Gasteiger partial charge in [0.05, 0.1) is 24.8 Å². The largest absolute Gasteiger partial charge is 0.497 e. The molecule has 0 aliphatic heterocycles. The highest BCUT2D eigenvalue weighted by Crippen LogP contribution is 2.16. The highest BCUT2D eigenvalue weighted by Gasteiger charge is 2.11. The second-order valence-corrected chi connectivity index (χ2v) is 6.75. The molecule has 7 heteroatoms. The first-order valence-electron chi connectivity index (χ1n) is 9.99. The zero-order valence-corrected chi connectivity index (χ0v) is 17.8. The molecular weight excluding hydrogens is 410 g/mol. The second kappa shape index (κ2) is 10.8. The maximum Gasteiger partial charge on any atom is 0.338 e. The molecule has 32 heavy (non-hydrogen) atoms. The zero-order valence-electron chi connectivity index (χ0n) is 17.8. The minimum atomic E-state index is -0.493. The molecular formula is C25H23NO6. The third-order valence-electron chi connectivity index (χ3n) is 4.57. The van der Waals surface area contributed by atoms with E-state index in [-0.39, 0.29) is 12.5 Å². The van der Waals surface area contributed by atoms with E-state index in [2.05, 4.69) is 5.32 Å². The fraction of sp³-hybridized carbons (Fsp3) is 0.160. The summed E-state index contributed by atoms with van der Waals surface area (Å²) in [6.45, 7) is 2.12. The molecule has 164 valence electrons. The van der Waals surface area contributed by atoms with E-state index in [0.717, 1.165) is 5.56 Å². The van der Waals surface area contributed by atoms with Gasteiger partial charge in [0.1, 0.15) is 12.4 Å². The summed E-state index contributed by atoms with van der Waals surface area (Å²) in [7, 11) is 1.56. The fourth-order valence-electron chi connectivity index (χ4n) is 2.82. The number of anilines is 1. The van der Waals surface area contributed by atoms with Crippen LogP contribution in [0.3, 0.4) is 0 Å². The van der Waals surface area contributed by atoms with E-state index in [1.54, 1.807) is 86.8 Å². The number of methoxy groups -OCH3 is 1. The van der Waals surface area contributed by atoms with Crippen molar-refractivity contribution in [3.63, 3.8) is 0 Å². The number of hydrogen-bond acceptors (Lipinski definition) is 6. The van der Waals surface area contributed by atoms with E-state index in [0.29, 0.717) is 34.7 Å². The zero-order chi connectivity index (χ0) is 22.9. The van der Waals surface area contributed by atoms with Crippen molar-refractivity contribution in [2.75, 3.05) is 19.0 Å². The molecule has 3 aromatic carbocycles. The number of carbonyl (C=O) groups excluding carboxylic acids is 3. The standard InChI is InChI=1S/C25H23NO6/c1-3-31-24(28)19-6-4-17(5-7-19)16-32-25(29)20-8-12-21(13-9-20)26-23(27)18-10-14-22(30-2)15-11-18/h4-15H,3,16H2,1-2H3,(H,26,27). The first-order chi connectivity index (χ1) is 15.5. The second-order valence-electron chi connectivity index (χ2n) is 6.75. The predicted octanol–water partition coefficient (Wildman–Crippen LogP) is 4.48. The molecule has 0 radical (unpaired) electrons. The lowest BCUT2D eigenvalue weighted by molar-refractivity contribution is 0.0469. The van der Waals surface area contributed by atoms with Gasteiger partial charge < -0.3 is 19.5 Å². The molecule has 0 fully saturated rings. The lowest BCUT2D eigenvalue weighted by Gasteiger charge is -2.08. The maximum atomic E-state index is 12.3. The van der Waals surface area contributed by atoms with Crippen LogP contribution < -0.4 is 10.1 Å². The van der Waals surface area contributed by atoms with E-state index >= 15 is 0 Å². The molecule has 0 heterocycles. The van der Waals surface area contributed by atoms with Crippen molar-refractivity contribution in [1.29, 1.82) is 0 Å². The fourth-order valence-corrected chi connectivity index (χ4v) is 2.82. The van der Waals surface area contributed by atoms with Gasteiger partial charge in [0.15, 0.2) is 0 Å². The summed E-state index contributed by atoms with van der Waals surface area (Å²) in [6.07, 6.45) is 0. The SMILES string of the molecule is CCOC(=O)c1ccc(COC(=O)c2ccc(NC(=O)c3ccc(OC)cc3)cc2)cc1. The van der Waals surface area contributed by atoms with Gasteiger partial charge in [-0.3, -0.25) is 4.79 Å². The Morgan fingerprint density at radius 2 is 1.25 bits per heavy atom. The minimum absolute atomic E-state index is 0.0674. The van der Waals surface area contributed by atoms with E-state index in [1.165, 1.54) is 0 Å². The van der Waals surface area contributed by atoms with Crippen LogP contribution in [0.5, 0.6) is 5.75 Å². The van der Waals surface area contributed by atoms with E-state index in [9.17, 15) is 14.4 Å². The van der Waals surface area contributed by atoms with Crippen LogP contribution in [0.1, 0.15) is 43.6 Å². The quantitative estimate of drug-likeness (QED) is 0.527. The maximum absolute atomic E-state index is 12.3. The van der Waals surface area contributed by atoms with Crippen molar-refractivity contribution in [3.8, 4) is 5.75 Å². The van der Waals surface area contributed by atoms with Crippen molar-refractivity contribution in [3.05, 3.63) is 95.1 Å². The number of benzene rings is 3. The van der Waals surface area contributed by atoms with Crippen LogP contribution in [0.2, 0.25) is 0 Å². The minimum Gasteiger partial charge on any atom is -0.497 e. The Hall–Kier alpha value is -4.13. The van der Waals surface area contributed by atoms with Gasteiger partial charge in [-0.1, -0.05) is 12.1 Å². The average molecular weight is 433 g/mol. The lowest BCUT2D eigenvalue weighted by atomic mass is 10.1. The number of carbonyl (C=O) groups is 3. The van der Waals surface area contributed by atoms with E-state index < -0.39 is 11.9 Å². The van der Waals surface area contributed by atoms with Gasteiger partial charge in [-0.25, -0.2) is 9.59 Å². The molecule has 0 unspecified atom stereocenters. The number of esters is 2. The van der Waals surface area contributed by atoms with Crippen LogP contribution in [-0.4, -0.2) is 31.6 Å². The van der Waals surface area contributed by atoms with E-state index in [4.69, 9.17) is 14.2 Å². The number of nitrogens with one attached hydrogen (secondary N) is 1. The van der Waals surface area contributed by atoms with Crippen LogP contribution in [0, 0.1) is 0 Å². The van der Waals surface area contributed by atoms with Crippen molar-refractivity contribution in [2.24, 2.45) is 0 Å². The summed E-state index contributed by atoms with van der Waals surface area (Å²) in [6, 6.07) is 19.8. The molecule has 1 N–H and O–H groups in total. The summed E-state index contributed by atoms with van der Waals surface area (Å²) in [4.78, 5) is 36.3. The molecule has 1 amide bonds. The molecule has 0 aromatic heterocycles. The topological polar surface area (TPSA) is 90.9 Å². The number of ether oxygens (including phenoxy) is 3. The predicted molar refractivity (Wildman–Crippen MR) is 119 cm³/mol. The highest BCUT2D eigenvalue weighted by molar-refractivity contribution is 6.04. The molecule has 0 atom stereocenters. The van der Waals surface area contributed by atoms with Crippen LogP contribution >= 0.6 is 0 Å². The Balaban J connectivity index is 1.53. The summed E-state index contributed by atoms with van der Waals surface area (Å²) >= 11 is 0. The van der Waals surface area contributed by atoms with Gasteiger partial charge in [0, 0.05) is 11.3 Å². The molecule has 0 spiro atoms. The van der Waals surface area contributed by atoms with Gasteiger partial charge in [-0.15, -0.1) is 0 Å². The van der Waals surface area contributed by atoms with Gasteiger partial charge in [0.2, 0.25) is 0 Å². The normalized spacial score (nSPS) is 10.2. The Labute approximate surface area is 185 Å². The van der Waals surface area contributed by atoms with Crippen molar-refractivity contribution < 1.29 is 28.6 Å². The average Bonchev–Trinajstić information content (AvgIpc) is 2.83. The Kier molecular flexibility index (Phi) is 7.59. The van der Waals surface area contributed by atoms with Gasteiger partial charge >= 0.3 is 11.9 Å². The van der Waals surface area contributed by atoms with Crippen LogP contribution in [0.25, 0.3) is 0 Å². The van der Waals surface area contributed by atoms with Crippen molar-refractivity contribution in [1.82, 2.24) is 0 Å². The summed E-state index contributed by atoms with van der Waals surface area (Å²) in [5, 5.41) is 2.77. The summed E-state index contributed by atoms with van der Waals surface area (Å²) < 4.78 is 15.3. The Morgan fingerprint density at radius 1 is 0.719 bits per heavy atom. The first kappa shape index (κ1) is 22.6. The monoisotopic (exact) mass is 433 g/mol. The molecule has 0 bridgehead atoms. The Bertz CT molecular complexity index is 1070. The lowest BCUT2D eigenvalue weighted by Crippen LogP contribution is -2.12. The van der Waals surface area contributed by atoms with Crippen LogP contribution in [0.15, 0.2) is 72.8 Å². The number of hydrogen-bond donors (Lipinski definition) is 1. The van der Waals surface area contributed by atoms with E-state index in [1.807, 2.05) is 0 Å². The third kappa shape index (κ3) is 5.95. The molecule has 0 saturated carbocycles. The van der Waals surface area contributed by atoms with Crippen molar-refractivity contribution >= 4 is 23.5 Å². The molecule has 0 aliphatic rings. The molecule has 0 aliphatic carbocycles. The number of amides is 1. The molecule has 3 rings (SSSR count). The van der Waals surface area contributed by atoms with Gasteiger partial charge in [0.25, 0.3) is 5.91 Å². The van der Waals surface area contributed by atoms with Crippen molar-refractivity contribution in [2.45, 2.75) is 13.5 Å².